The van der Waals surface area contributed by atoms with Crippen LogP contribution in [0.25, 0.3) is 11.2 Å². The molecule has 1 amide bonds. The molecule has 0 unspecified atom stereocenters. The second-order valence-electron chi connectivity index (χ2n) is 6.39. The zero-order chi connectivity index (χ0) is 21.8. The van der Waals surface area contributed by atoms with Crippen molar-refractivity contribution in [3.63, 3.8) is 0 Å². The number of H-pyrrole nitrogens is 1. The molecule has 2 N–H and O–H groups in total. The molecule has 3 atom stereocenters. The van der Waals surface area contributed by atoms with Gasteiger partial charge in [-0.15, -0.1) is 0 Å². The summed E-state index contributed by atoms with van der Waals surface area (Å²) in [6, 6.07) is 0. The van der Waals surface area contributed by atoms with Gasteiger partial charge in [0.25, 0.3) is 0 Å². The van der Waals surface area contributed by atoms with Crippen LogP contribution in [0.2, 0.25) is 0 Å². The van der Waals surface area contributed by atoms with Crippen molar-refractivity contribution in [1.29, 1.82) is 0 Å². The number of carbonyl (C=O) groups is 3. The average Bonchev–Trinajstić information content (AvgIpc) is 3.28. The second kappa shape index (κ2) is 8.90. The van der Waals surface area contributed by atoms with E-state index in [1.54, 1.807) is 0 Å². The maximum atomic E-state index is 11.5. The largest absolute Gasteiger partial charge is 0.508 e. The number of nitrogens with one attached hydrogen (secondary N) is 2. The number of esters is 1. The minimum Gasteiger partial charge on any atom is -0.479 e. The lowest BCUT2D eigenvalue weighted by Gasteiger charge is -2.16. The molecule has 1 aliphatic heterocycles. The summed E-state index contributed by atoms with van der Waals surface area (Å²) in [6.07, 6.45) is -2.57. The second-order valence-corrected chi connectivity index (χ2v) is 6.39. The number of fused-ring (bicyclic) bond motifs is 1. The quantitative estimate of drug-likeness (QED) is 0.633. The third-order valence-electron chi connectivity index (χ3n) is 4.13. The summed E-state index contributed by atoms with van der Waals surface area (Å²) >= 11 is 0. The molecule has 162 valence electrons. The number of anilines is 1. The van der Waals surface area contributed by atoms with Crippen molar-refractivity contribution in [2.45, 2.75) is 38.6 Å². The van der Waals surface area contributed by atoms with Crippen LogP contribution < -0.4 is 10.1 Å². The third-order valence-corrected chi connectivity index (χ3v) is 4.13. The van der Waals surface area contributed by atoms with E-state index in [-0.39, 0.29) is 36.4 Å². The molecule has 2 aromatic rings. The number of imidazole rings is 1. The minimum atomic E-state index is -0.847. The van der Waals surface area contributed by atoms with Crippen LogP contribution in [0.4, 0.5) is 10.7 Å². The lowest BCUT2D eigenvalue weighted by atomic mass is 10.1. The van der Waals surface area contributed by atoms with Gasteiger partial charge in [0.15, 0.2) is 11.8 Å². The molecule has 0 spiro atoms. The normalized spacial score (nSPS) is 20.6. The minimum absolute atomic E-state index is 0.0260. The standard InChI is InChI=1S/C17H21N5O8/c1-7(23)18-16-21-13-11(15(22-16)26-3)19-14(20-13)12-10(29-8(2)24)5-9(30-12)6-28-17(25)27-4/h9-10,12H,5-6H2,1-4H3,(H2,18,19,20,21,22,23)/t9-,10+,12+/m0/s1. The molecule has 30 heavy (non-hydrogen) atoms. The SMILES string of the molecule is COC(=O)OC[C@@H]1C[C@@H](OC(C)=O)[C@H](c2nc3nc(NC(C)=O)nc(OC)c3[nH]2)O1. The summed E-state index contributed by atoms with van der Waals surface area (Å²) in [5.74, 6) is -0.350. The van der Waals surface area contributed by atoms with E-state index in [0.717, 1.165) is 0 Å². The van der Waals surface area contributed by atoms with E-state index < -0.39 is 30.4 Å². The number of rotatable bonds is 6. The molecular weight excluding hydrogens is 402 g/mol. The van der Waals surface area contributed by atoms with E-state index >= 15 is 0 Å². The number of hydrogen-bond acceptors (Lipinski definition) is 11. The highest BCUT2D eigenvalue weighted by Gasteiger charge is 2.41. The number of aromatic amines is 1. The molecule has 0 aliphatic carbocycles. The van der Waals surface area contributed by atoms with Crippen LogP contribution in [-0.4, -0.2) is 71.0 Å². The predicted octanol–water partition coefficient (Wildman–Crippen LogP) is 0.865. The topological polar surface area (TPSA) is 164 Å². The van der Waals surface area contributed by atoms with Gasteiger partial charge in [0.2, 0.25) is 17.7 Å². The molecule has 0 radical (unpaired) electrons. The number of methoxy groups -OCH3 is 2. The Bertz CT molecular complexity index is 961. The maximum Gasteiger partial charge on any atom is 0.508 e. The highest BCUT2D eigenvalue weighted by Crippen LogP contribution is 2.36. The summed E-state index contributed by atoms with van der Waals surface area (Å²) in [7, 11) is 2.61. The Kier molecular flexibility index (Phi) is 6.30. The first-order valence-electron chi connectivity index (χ1n) is 8.93. The van der Waals surface area contributed by atoms with Crippen LogP contribution in [-0.2, 0) is 28.5 Å². The van der Waals surface area contributed by atoms with E-state index in [4.69, 9.17) is 18.9 Å². The van der Waals surface area contributed by atoms with Crippen molar-refractivity contribution in [3.05, 3.63) is 5.82 Å². The van der Waals surface area contributed by atoms with Gasteiger partial charge < -0.3 is 28.7 Å². The summed E-state index contributed by atoms with van der Waals surface area (Å²) < 4.78 is 25.8. The summed E-state index contributed by atoms with van der Waals surface area (Å²) in [5, 5.41) is 2.47. The Morgan fingerprint density at radius 3 is 2.60 bits per heavy atom. The maximum absolute atomic E-state index is 11.5. The first-order valence-corrected chi connectivity index (χ1v) is 8.93. The van der Waals surface area contributed by atoms with E-state index in [2.05, 4.69) is 30.0 Å². The van der Waals surface area contributed by atoms with Crippen LogP contribution >= 0.6 is 0 Å². The van der Waals surface area contributed by atoms with E-state index in [0.29, 0.717) is 11.3 Å². The van der Waals surface area contributed by atoms with Gasteiger partial charge in [0.1, 0.15) is 24.1 Å². The van der Waals surface area contributed by atoms with Gasteiger partial charge >= 0.3 is 12.1 Å². The fourth-order valence-electron chi connectivity index (χ4n) is 3.01. The molecule has 0 aromatic carbocycles. The number of amides is 1. The van der Waals surface area contributed by atoms with Crippen LogP contribution in [0.3, 0.4) is 0 Å². The Morgan fingerprint density at radius 1 is 1.20 bits per heavy atom. The van der Waals surface area contributed by atoms with Gasteiger partial charge in [-0.3, -0.25) is 14.9 Å². The lowest BCUT2D eigenvalue weighted by Crippen LogP contribution is -2.21. The molecular formula is C17H21N5O8. The first-order chi connectivity index (χ1) is 14.3. The Balaban J connectivity index is 1.89. The number of hydrogen-bond donors (Lipinski definition) is 2. The monoisotopic (exact) mass is 423 g/mol. The summed E-state index contributed by atoms with van der Waals surface area (Å²) in [6.45, 7) is 2.52. The first kappa shape index (κ1) is 21.2. The molecule has 0 bridgehead atoms. The van der Waals surface area contributed by atoms with Crippen LogP contribution in [0.15, 0.2) is 0 Å². The van der Waals surface area contributed by atoms with E-state index in [9.17, 15) is 14.4 Å². The van der Waals surface area contributed by atoms with E-state index in [1.165, 1.54) is 28.1 Å². The number of nitrogens with zero attached hydrogens (tertiary/aromatic N) is 3. The molecule has 13 heteroatoms. The lowest BCUT2D eigenvalue weighted by molar-refractivity contribution is -0.149. The molecule has 0 saturated carbocycles. The zero-order valence-electron chi connectivity index (χ0n) is 16.8. The van der Waals surface area contributed by atoms with Crippen LogP contribution in [0.5, 0.6) is 5.88 Å². The van der Waals surface area contributed by atoms with Crippen molar-refractivity contribution in [3.8, 4) is 5.88 Å². The molecule has 1 saturated heterocycles. The highest BCUT2D eigenvalue weighted by molar-refractivity contribution is 5.88. The molecule has 3 heterocycles. The smallest absolute Gasteiger partial charge is 0.479 e. The average molecular weight is 423 g/mol. The Hall–Kier alpha value is -3.48. The van der Waals surface area contributed by atoms with Gasteiger partial charge in [-0.2, -0.15) is 9.97 Å². The van der Waals surface area contributed by atoms with Gasteiger partial charge in [0.05, 0.1) is 20.3 Å². The Morgan fingerprint density at radius 2 is 1.97 bits per heavy atom. The number of ether oxygens (including phenoxy) is 5. The van der Waals surface area contributed by atoms with Gasteiger partial charge in [-0.25, -0.2) is 9.78 Å². The van der Waals surface area contributed by atoms with Crippen LogP contribution in [0, 0.1) is 0 Å². The van der Waals surface area contributed by atoms with Crippen molar-refractivity contribution < 1.29 is 38.1 Å². The third kappa shape index (κ3) is 4.74. The van der Waals surface area contributed by atoms with Gasteiger partial charge in [0, 0.05) is 20.3 Å². The summed E-state index contributed by atoms with van der Waals surface area (Å²) in [5.41, 5.74) is 0.598. The Labute approximate surface area is 170 Å². The highest BCUT2D eigenvalue weighted by atomic mass is 16.7. The van der Waals surface area contributed by atoms with Crippen molar-refractivity contribution in [2.75, 3.05) is 26.1 Å². The molecule has 13 nitrogen and oxygen atoms in total. The van der Waals surface area contributed by atoms with Crippen molar-refractivity contribution >= 4 is 35.1 Å². The zero-order valence-corrected chi connectivity index (χ0v) is 16.8. The van der Waals surface area contributed by atoms with Crippen LogP contribution in [0.1, 0.15) is 32.2 Å². The molecule has 3 rings (SSSR count). The fourth-order valence-corrected chi connectivity index (χ4v) is 3.01. The fraction of sp³-hybridized carbons (Fsp3) is 0.529. The summed E-state index contributed by atoms with van der Waals surface area (Å²) in [4.78, 5) is 49.7. The van der Waals surface area contributed by atoms with Gasteiger partial charge in [-0.05, 0) is 0 Å². The van der Waals surface area contributed by atoms with Gasteiger partial charge in [-0.1, -0.05) is 0 Å². The van der Waals surface area contributed by atoms with E-state index in [1.807, 2.05) is 0 Å². The van der Waals surface area contributed by atoms with Crippen molar-refractivity contribution in [1.82, 2.24) is 19.9 Å². The molecule has 1 aliphatic rings. The predicted molar refractivity (Wildman–Crippen MR) is 98.7 cm³/mol. The number of aromatic nitrogens is 4. The number of carbonyl (C=O) groups excluding carboxylic acids is 3. The van der Waals surface area contributed by atoms with Crippen molar-refractivity contribution in [2.24, 2.45) is 0 Å². The molecule has 1 fully saturated rings. The molecule has 2 aromatic heterocycles.